The summed E-state index contributed by atoms with van der Waals surface area (Å²) >= 11 is 3.38. The third kappa shape index (κ3) is 4.74. The predicted octanol–water partition coefficient (Wildman–Crippen LogP) is 2.57. The van der Waals surface area contributed by atoms with Gasteiger partial charge in [-0.3, -0.25) is 25.2 Å². The number of hydrogen-bond donors (Lipinski definition) is 2. The summed E-state index contributed by atoms with van der Waals surface area (Å²) < 4.78 is 0.819. The maximum atomic E-state index is 12.3. The number of amides is 3. The first-order valence-electron chi connectivity index (χ1n) is 8.62. The Balaban J connectivity index is 1.53. The van der Waals surface area contributed by atoms with Crippen LogP contribution in [0, 0.1) is 12.8 Å². The summed E-state index contributed by atoms with van der Waals surface area (Å²) in [6.07, 6.45) is 0.143. The second kappa shape index (κ2) is 8.35. The molecular formula is C20H20BrN3O3. The fraction of sp³-hybridized carbons (Fsp3) is 0.250. The van der Waals surface area contributed by atoms with E-state index in [9.17, 15) is 14.4 Å². The van der Waals surface area contributed by atoms with Crippen LogP contribution >= 0.6 is 15.9 Å². The monoisotopic (exact) mass is 429 g/mol. The Morgan fingerprint density at radius 3 is 2.59 bits per heavy atom. The van der Waals surface area contributed by atoms with Gasteiger partial charge in [0.2, 0.25) is 11.8 Å². The number of benzene rings is 2. The van der Waals surface area contributed by atoms with Gasteiger partial charge in [-0.2, -0.15) is 0 Å². The Labute approximate surface area is 166 Å². The highest BCUT2D eigenvalue weighted by Gasteiger charge is 2.34. The van der Waals surface area contributed by atoms with Crippen molar-refractivity contribution in [3.8, 4) is 0 Å². The normalized spacial score (nSPS) is 16.3. The first kappa shape index (κ1) is 19.1. The van der Waals surface area contributed by atoms with Crippen molar-refractivity contribution in [3.63, 3.8) is 0 Å². The van der Waals surface area contributed by atoms with Crippen molar-refractivity contribution in [3.05, 3.63) is 69.7 Å². The van der Waals surface area contributed by atoms with Crippen LogP contribution in [0.3, 0.4) is 0 Å². The Hall–Kier alpha value is -2.67. The summed E-state index contributed by atoms with van der Waals surface area (Å²) in [4.78, 5) is 38.3. The quantitative estimate of drug-likeness (QED) is 0.732. The molecule has 3 amide bonds. The molecule has 1 aliphatic rings. The second-order valence-corrected chi connectivity index (χ2v) is 7.42. The van der Waals surface area contributed by atoms with Gasteiger partial charge in [-0.25, -0.2) is 0 Å². The summed E-state index contributed by atoms with van der Waals surface area (Å²) in [5.74, 6) is -1.31. The third-order valence-electron chi connectivity index (χ3n) is 4.53. The lowest BCUT2D eigenvalue weighted by Crippen LogP contribution is -2.45. The van der Waals surface area contributed by atoms with E-state index in [1.807, 2.05) is 43.3 Å². The van der Waals surface area contributed by atoms with Crippen LogP contribution in [0.5, 0.6) is 0 Å². The summed E-state index contributed by atoms with van der Waals surface area (Å²) in [5, 5.41) is 0. The Bertz CT molecular complexity index is 870. The molecule has 1 atom stereocenters. The van der Waals surface area contributed by atoms with Crippen molar-refractivity contribution in [1.29, 1.82) is 0 Å². The fourth-order valence-corrected chi connectivity index (χ4v) is 3.31. The topological polar surface area (TPSA) is 78.5 Å². The van der Waals surface area contributed by atoms with E-state index in [-0.39, 0.29) is 18.2 Å². The molecule has 0 bridgehead atoms. The van der Waals surface area contributed by atoms with E-state index in [4.69, 9.17) is 0 Å². The van der Waals surface area contributed by atoms with Crippen molar-refractivity contribution in [2.45, 2.75) is 19.9 Å². The molecule has 27 heavy (non-hydrogen) atoms. The minimum absolute atomic E-state index is 0.0622. The van der Waals surface area contributed by atoms with Crippen molar-refractivity contribution >= 4 is 33.7 Å². The summed E-state index contributed by atoms with van der Waals surface area (Å²) in [5.41, 5.74) is 7.30. The van der Waals surface area contributed by atoms with Gasteiger partial charge >= 0.3 is 0 Å². The largest absolute Gasteiger partial charge is 0.338 e. The van der Waals surface area contributed by atoms with Gasteiger partial charge < -0.3 is 4.90 Å². The van der Waals surface area contributed by atoms with E-state index >= 15 is 0 Å². The third-order valence-corrected chi connectivity index (χ3v) is 5.39. The first-order chi connectivity index (χ1) is 12.9. The van der Waals surface area contributed by atoms with Gasteiger partial charge in [0.1, 0.15) is 0 Å². The number of carbonyl (C=O) groups excluding carboxylic acids is 3. The fourth-order valence-electron chi connectivity index (χ4n) is 2.93. The van der Waals surface area contributed by atoms with Crippen molar-refractivity contribution in [2.24, 2.45) is 5.92 Å². The maximum absolute atomic E-state index is 12.3. The number of hydrazine groups is 1. The van der Waals surface area contributed by atoms with Crippen LogP contribution in [0.4, 0.5) is 0 Å². The van der Waals surface area contributed by atoms with Gasteiger partial charge in [-0.1, -0.05) is 52.3 Å². The average molecular weight is 430 g/mol. The number of aryl methyl sites for hydroxylation is 1. The molecule has 2 aromatic carbocycles. The minimum Gasteiger partial charge on any atom is -0.338 e. The maximum Gasteiger partial charge on any atom is 0.269 e. The zero-order chi connectivity index (χ0) is 19.4. The van der Waals surface area contributed by atoms with E-state index in [0.29, 0.717) is 18.7 Å². The molecule has 0 radical (unpaired) electrons. The molecule has 6 nitrogen and oxygen atoms in total. The highest BCUT2D eigenvalue weighted by molar-refractivity contribution is 9.10. The van der Waals surface area contributed by atoms with Crippen LogP contribution < -0.4 is 10.9 Å². The molecule has 1 saturated heterocycles. The molecule has 1 heterocycles. The molecule has 0 aliphatic carbocycles. The number of likely N-dealkylation sites (tertiary alicyclic amines) is 1. The molecule has 2 N–H and O–H groups in total. The summed E-state index contributed by atoms with van der Waals surface area (Å²) in [7, 11) is 0. The highest BCUT2D eigenvalue weighted by Crippen LogP contribution is 2.20. The smallest absolute Gasteiger partial charge is 0.269 e. The first-order valence-corrected chi connectivity index (χ1v) is 9.41. The molecule has 0 aromatic heterocycles. The Morgan fingerprint density at radius 2 is 1.89 bits per heavy atom. The number of carbonyl (C=O) groups is 3. The average Bonchev–Trinajstić information content (AvgIpc) is 3.03. The summed E-state index contributed by atoms with van der Waals surface area (Å²) in [6.45, 7) is 2.74. The molecule has 2 aromatic rings. The molecule has 0 spiro atoms. The number of nitrogens with zero attached hydrogens (tertiary/aromatic N) is 1. The van der Waals surface area contributed by atoms with E-state index in [2.05, 4.69) is 26.8 Å². The van der Waals surface area contributed by atoms with Gasteiger partial charge in [0.15, 0.2) is 0 Å². The second-order valence-electron chi connectivity index (χ2n) is 6.57. The van der Waals surface area contributed by atoms with Gasteiger partial charge in [0.05, 0.1) is 5.92 Å². The molecular weight excluding hydrogens is 410 g/mol. The Kier molecular flexibility index (Phi) is 5.91. The van der Waals surface area contributed by atoms with E-state index in [0.717, 1.165) is 15.6 Å². The zero-order valence-corrected chi connectivity index (χ0v) is 16.5. The van der Waals surface area contributed by atoms with Crippen LogP contribution in [0.1, 0.15) is 27.9 Å². The lowest BCUT2D eigenvalue weighted by Gasteiger charge is -2.16. The number of nitrogens with one attached hydrogen (secondary N) is 2. The standard InChI is InChI=1S/C20H20BrN3O3/c1-13-7-8-15(9-17(13)21)19(26)22-23-20(27)16-10-18(25)24(12-16)11-14-5-3-2-4-6-14/h2-9,16H,10-12H2,1H3,(H,22,26)(H,23,27). The van der Waals surface area contributed by atoms with E-state index < -0.39 is 11.8 Å². The molecule has 1 unspecified atom stereocenters. The lowest BCUT2D eigenvalue weighted by atomic mass is 10.1. The van der Waals surface area contributed by atoms with Crippen LogP contribution in [0.25, 0.3) is 0 Å². The van der Waals surface area contributed by atoms with Crippen LogP contribution in [-0.2, 0) is 16.1 Å². The highest BCUT2D eigenvalue weighted by atomic mass is 79.9. The van der Waals surface area contributed by atoms with E-state index in [1.54, 1.807) is 17.0 Å². The van der Waals surface area contributed by atoms with Crippen LogP contribution in [0.2, 0.25) is 0 Å². The molecule has 1 aliphatic heterocycles. The van der Waals surface area contributed by atoms with Crippen molar-refractivity contribution in [2.75, 3.05) is 6.54 Å². The predicted molar refractivity (Wildman–Crippen MR) is 104 cm³/mol. The summed E-state index contributed by atoms with van der Waals surface area (Å²) in [6, 6.07) is 14.8. The molecule has 7 heteroatoms. The minimum atomic E-state index is -0.480. The lowest BCUT2D eigenvalue weighted by molar-refractivity contribution is -0.129. The molecule has 1 fully saturated rings. The molecule has 0 saturated carbocycles. The number of halogens is 1. The van der Waals surface area contributed by atoms with Gasteiger partial charge in [0, 0.05) is 29.5 Å². The van der Waals surface area contributed by atoms with Crippen LogP contribution in [-0.4, -0.2) is 29.2 Å². The van der Waals surface area contributed by atoms with Gasteiger partial charge in [-0.05, 0) is 30.2 Å². The molecule has 3 rings (SSSR count). The number of hydrogen-bond acceptors (Lipinski definition) is 3. The Morgan fingerprint density at radius 1 is 1.15 bits per heavy atom. The van der Waals surface area contributed by atoms with Crippen molar-refractivity contribution < 1.29 is 14.4 Å². The van der Waals surface area contributed by atoms with Gasteiger partial charge in [-0.15, -0.1) is 0 Å². The van der Waals surface area contributed by atoms with E-state index in [1.165, 1.54) is 0 Å². The van der Waals surface area contributed by atoms with Crippen molar-refractivity contribution in [1.82, 2.24) is 15.8 Å². The van der Waals surface area contributed by atoms with Gasteiger partial charge in [0.25, 0.3) is 5.91 Å². The SMILES string of the molecule is Cc1ccc(C(=O)NNC(=O)C2CC(=O)N(Cc3ccccc3)C2)cc1Br. The van der Waals surface area contributed by atoms with Crippen LogP contribution in [0.15, 0.2) is 53.0 Å². The zero-order valence-electron chi connectivity index (χ0n) is 14.9. The molecule has 140 valence electrons. The number of rotatable bonds is 4.